The molecular formula is C14H21NO2S. The normalized spacial score (nSPS) is 19.0. The molecule has 1 saturated heterocycles. The van der Waals surface area contributed by atoms with E-state index in [9.17, 15) is 9.90 Å². The Balaban J connectivity index is 2.07. The number of aryl methyl sites for hydroxylation is 2. The van der Waals surface area contributed by atoms with Crippen LogP contribution in [0.4, 0.5) is 0 Å². The summed E-state index contributed by atoms with van der Waals surface area (Å²) in [5.41, 5.74) is 0.617. The van der Waals surface area contributed by atoms with Crippen molar-refractivity contribution in [2.75, 3.05) is 13.1 Å². The topological polar surface area (TPSA) is 40.5 Å². The van der Waals surface area contributed by atoms with E-state index in [0.717, 1.165) is 11.3 Å². The Morgan fingerprint density at radius 1 is 1.50 bits per heavy atom. The molecule has 0 unspecified atom stereocenters. The van der Waals surface area contributed by atoms with E-state index >= 15 is 0 Å². The Hall–Kier alpha value is -0.870. The molecule has 2 rings (SSSR count). The van der Waals surface area contributed by atoms with Gasteiger partial charge in [0.05, 0.1) is 10.5 Å². The van der Waals surface area contributed by atoms with Gasteiger partial charge in [-0.3, -0.25) is 4.79 Å². The minimum atomic E-state index is -0.600. The van der Waals surface area contributed by atoms with Crippen molar-refractivity contribution >= 4 is 17.2 Å². The molecule has 0 atom stereocenters. The van der Waals surface area contributed by atoms with Crippen molar-refractivity contribution in [1.82, 2.24) is 4.90 Å². The zero-order valence-corrected chi connectivity index (χ0v) is 12.1. The maximum absolute atomic E-state index is 12.3. The standard InChI is InChI=1S/C14H21NO2S/c1-4-11-10(2)9-12(18-11)13(16)15-7-5-14(3,17)6-8-15/h9,17H,4-8H2,1-3H3. The van der Waals surface area contributed by atoms with Crippen LogP contribution in [-0.2, 0) is 6.42 Å². The third kappa shape index (κ3) is 2.75. The van der Waals surface area contributed by atoms with Gasteiger partial charge in [-0.15, -0.1) is 11.3 Å². The molecule has 1 N–H and O–H groups in total. The van der Waals surface area contributed by atoms with Gasteiger partial charge in [-0.2, -0.15) is 0 Å². The Morgan fingerprint density at radius 2 is 2.11 bits per heavy atom. The van der Waals surface area contributed by atoms with E-state index in [2.05, 4.69) is 13.8 Å². The fourth-order valence-electron chi connectivity index (χ4n) is 2.32. The molecule has 3 nitrogen and oxygen atoms in total. The van der Waals surface area contributed by atoms with Crippen LogP contribution >= 0.6 is 11.3 Å². The maximum atomic E-state index is 12.3. The summed E-state index contributed by atoms with van der Waals surface area (Å²) in [7, 11) is 0. The molecule has 2 heterocycles. The number of carbonyl (C=O) groups is 1. The van der Waals surface area contributed by atoms with Gasteiger partial charge in [0.15, 0.2) is 0 Å². The lowest BCUT2D eigenvalue weighted by Gasteiger charge is -2.35. The molecule has 1 aliphatic heterocycles. The highest BCUT2D eigenvalue weighted by atomic mass is 32.1. The van der Waals surface area contributed by atoms with Crippen LogP contribution in [0.3, 0.4) is 0 Å². The molecule has 0 radical (unpaired) electrons. The number of hydrogen-bond donors (Lipinski definition) is 1. The lowest BCUT2D eigenvalue weighted by atomic mass is 9.94. The van der Waals surface area contributed by atoms with E-state index in [1.54, 1.807) is 11.3 Å². The SMILES string of the molecule is CCc1sc(C(=O)N2CCC(C)(O)CC2)cc1C. The van der Waals surface area contributed by atoms with Crippen LogP contribution in [0, 0.1) is 6.92 Å². The quantitative estimate of drug-likeness (QED) is 0.895. The first-order valence-corrected chi connectivity index (χ1v) is 7.35. The maximum Gasteiger partial charge on any atom is 0.263 e. The molecule has 0 bridgehead atoms. The lowest BCUT2D eigenvalue weighted by Crippen LogP contribution is -2.44. The van der Waals surface area contributed by atoms with E-state index in [-0.39, 0.29) is 5.91 Å². The summed E-state index contributed by atoms with van der Waals surface area (Å²) >= 11 is 1.61. The molecule has 1 amide bonds. The van der Waals surface area contributed by atoms with Crippen molar-refractivity contribution in [3.8, 4) is 0 Å². The zero-order chi connectivity index (χ0) is 13.3. The Labute approximate surface area is 112 Å². The molecule has 1 aliphatic rings. The van der Waals surface area contributed by atoms with E-state index in [4.69, 9.17) is 0 Å². The van der Waals surface area contributed by atoms with Crippen LogP contribution in [0.5, 0.6) is 0 Å². The highest BCUT2D eigenvalue weighted by molar-refractivity contribution is 7.14. The van der Waals surface area contributed by atoms with Crippen LogP contribution in [0.15, 0.2) is 6.07 Å². The van der Waals surface area contributed by atoms with E-state index in [1.807, 2.05) is 17.9 Å². The molecule has 1 fully saturated rings. The van der Waals surface area contributed by atoms with Crippen molar-refractivity contribution in [3.63, 3.8) is 0 Å². The largest absolute Gasteiger partial charge is 0.390 e. The number of likely N-dealkylation sites (tertiary alicyclic amines) is 1. The van der Waals surface area contributed by atoms with Crippen LogP contribution in [0.2, 0.25) is 0 Å². The summed E-state index contributed by atoms with van der Waals surface area (Å²) in [5.74, 6) is 0.123. The second-order valence-corrected chi connectivity index (χ2v) is 6.50. The summed E-state index contributed by atoms with van der Waals surface area (Å²) in [6, 6.07) is 2.00. The summed E-state index contributed by atoms with van der Waals surface area (Å²) in [5, 5.41) is 9.90. The molecule has 0 aliphatic carbocycles. The number of piperidine rings is 1. The molecule has 100 valence electrons. The summed E-state index contributed by atoms with van der Waals surface area (Å²) in [4.78, 5) is 16.3. The number of amides is 1. The highest BCUT2D eigenvalue weighted by Crippen LogP contribution is 2.27. The number of rotatable bonds is 2. The average molecular weight is 267 g/mol. The Morgan fingerprint density at radius 3 is 2.61 bits per heavy atom. The number of aliphatic hydroxyl groups is 1. The predicted molar refractivity (Wildman–Crippen MR) is 74.2 cm³/mol. The third-order valence-corrected chi connectivity index (χ3v) is 5.05. The third-order valence-electron chi connectivity index (χ3n) is 3.68. The van der Waals surface area contributed by atoms with Crippen molar-refractivity contribution in [2.24, 2.45) is 0 Å². The smallest absolute Gasteiger partial charge is 0.263 e. The first-order valence-electron chi connectivity index (χ1n) is 6.54. The van der Waals surface area contributed by atoms with Gasteiger partial charge in [0.2, 0.25) is 0 Å². The first-order chi connectivity index (χ1) is 8.43. The minimum Gasteiger partial charge on any atom is -0.390 e. The first kappa shape index (κ1) is 13.6. The molecule has 1 aromatic rings. The molecule has 0 saturated carbocycles. The van der Waals surface area contributed by atoms with Gasteiger partial charge in [0, 0.05) is 18.0 Å². The van der Waals surface area contributed by atoms with Crippen molar-refractivity contribution in [3.05, 3.63) is 21.4 Å². The predicted octanol–water partition coefficient (Wildman–Crippen LogP) is 2.61. The monoisotopic (exact) mass is 267 g/mol. The number of thiophene rings is 1. The average Bonchev–Trinajstić information content (AvgIpc) is 2.69. The zero-order valence-electron chi connectivity index (χ0n) is 11.3. The fourth-order valence-corrected chi connectivity index (χ4v) is 3.41. The van der Waals surface area contributed by atoms with Gasteiger partial charge >= 0.3 is 0 Å². The van der Waals surface area contributed by atoms with Gasteiger partial charge in [-0.1, -0.05) is 6.92 Å². The van der Waals surface area contributed by atoms with Crippen molar-refractivity contribution in [2.45, 2.75) is 45.6 Å². The van der Waals surface area contributed by atoms with Gasteiger partial charge < -0.3 is 10.0 Å². The lowest BCUT2D eigenvalue weighted by molar-refractivity contribution is -0.00188. The highest BCUT2D eigenvalue weighted by Gasteiger charge is 2.30. The summed E-state index contributed by atoms with van der Waals surface area (Å²) in [6.07, 6.45) is 2.33. The molecule has 0 aromatic carbocycles. The van der Waals surface area contributed by atoms with Crippen LogP contribution in [-0.4, -0.2) is 34.6 Å². The van der Waals surface area contributed by atoms with Gasteiger partial charge in [-0.05, 0) is 44.7 Å². The van der Waals surface area contributed by atoms with Gasteiger partial charge in [-0.25, -0.2) is 0 Å². The van der Waals surface area contributed by atoms with Crippen LogP contribution < -0.4 is 0 Å². The van der Waals surface area contributed by atoms with Crippen LogP contribution in [0.1, 0.15) is 46.8 Å². The second kappa shape index (κ2) is 5.02. The van der Waals surface area contributed by atoms with E-state index in [0.29, 0.717) is 25.9 Å². The fraction of sp³-hybridized carbons (Fsp3) is 0.643. The number of nitrogens with zero attached hydrogens (tertiary/aromatic N) is 1. The van der Waals surface area contributed by atoms with E-state index in [1.165, 1.54) is 10.4 Å². The molecule has 0 spiro atoms. The van der Waals surface area contributed by atoms with Crippen LogP contribution in [0.25, 0.3) is 0 Å². The molecular weight excluding hydrogens is 246 g/mol. The summed E-state index contributed by atoms with van der Waals surface area (Å²) in [6.45, 7) is 7.34. The van der Waals surface area contributed by atoms with Gasteiger partial charge in [0.25, 0.3) is 5.91 Å². The molecule has 18 heavy (non-hydrogen) atoms. The molecule has 1 aromatic heterocycles. The second-order valence-electron chi connectivity index (χ2n) is 5.36. The Kier molecular flexibility index (Phi) is 3.78. The number of hydrogen-bond acceptors (Lipinski definition) is 3. The minimum absolute atomic E-state index is 0.123. The van der Waals surface area contributed by atoms with Crippen molar-refractivity contribution in [1.29, 1.82) is 0 Å². The van der Waals surface area contributed by atoms with Gasteiger partial charge in [0.1, 0.15) is 0 Å². The molecule has 4 heteroatoms. The number of carbonyl (C=O) groups excluding carboxylic acids is 1. The Bertz CT molecular complexity index is 441. The summed E-state index contributed by atoms with van der Waals surface area (Å²) < 4.78 is 0. The van der Waals surface area contributed by atoms with E-state index < -0.39 is 5.60 Å². The van der Waals surface area contributed by atoms with Crippen molar-refractivity contribution < 1.29 is 9.90 Å².